The van der Waals surface area contributed by atoms with E-state index in [0.29, 0.717) is 11.6 Å². The van der Waals surface area contributed by atoms with Crippen LogP contribution in [0.1, 0.15) is 0 Å². The Morgan fingerprint density at radius 1 is 0.733 bits per heavy atom. The van der Waals surface area contributed by atoms with E-state index in [1.807, 2.05) is 18.2 Å². The number of aromatic nitrogens is 2. The van der Waals surface area contributed by atoms with Crippen molar-refractivity contribution in [2.24, 2.45) is 4.99 Å². The first kappa shape index (κ1) is 20.1. The molecule has 0 atom stereocenters. The van der Waals surface area contributed by atoms with Gasteiger partial charge in [-0.3, -0.25) is 0 Å². The number of nitrogens with zero attached hydrogens (tertiary/aromatic N) is 3. The van der Waals surface area contributed by atoms with Gasteiger partial charge in [0.25, 0.3) is 0 Å². The molecular formula is C24H21N3O2Sn. The summed E-state index contributed by atoms with van der Waals surface area (Å²) in [4.78, 5) is 4.52. The number of benzene rings is 3. The molecule has 0 saturated carbocycles. The molecule has 4 aromatic rings. The second-order valence-corrected chi connectivity index (χ2v) is 16.1. The van der Waals surface area contributed by atoms with Crippen LogP contribution in [0.2, 0.25) is 0 Å². The summed E-state index contributed by atoms with van der Waals surface area (Å²) in [6.07, 6.45) is 3.12. The van der Waals surface area contributed by atoms with Gasteiger partial charge < -0.3 is 0 Å². The van der Waals surface area contributed by atoms with Crippen LogP contribution in [0.15, 0.2) is 108 Å². The van der Waals surface area contributed by atoms with Crippen LogP contribution in [-0.4, -0.2) is 42.5 Å². The number of rotatable bonds is 7. The van der Waals surface area contributed by atoms with E-state index in [2.05, 4.69) is 88.0 Å². The molecule has 0 fully saturated rings. The molecule has 0 N–H and O–H groups in total. The summed E-state index contributed by atoms with van der Waals surface area (Å²) in [6, 6.07) is 33.1. The number of hydrogen-bond donors (Lipinski definition) is 0. The van der Waals surface area contributed by atoms with Crippen molar-refractivity contribution in [1.29, 1.82) is 0 Å². The van der Waals surface area contributed by atoms with Gasteiger partial charge >= 0.3 is 181 Å². The third kappa shape index (κ3) is 4.07. The van der Waals surface area contributed by atoms with Crippen molar-refractivity contribution in [3.05, 3.63) is 103 Å². The van der Waals surface area contributed by atoms with Crippen molar-refractivity contribution in [3.8, 4) is 5.88 Å². The fourth-order valence-corrected chi connectivity index (χ4v) is 13.7. The van der Waals surface area contributed by atoms with Crippen molar-refractivity contribution in [2.45, 2.75) is 0 Å². The van der Waals surface area contributed by atoms with E-state index >= 15 is 0 Å². The topological polar surface area (TPSA) is 56.6 Å². The molecule has 1 heterocycles. The van der Waals surface area contributed by atoms with Crippen LogP contribution in [-0.2, 0) is 3.07 Å². The predicted octanol–water partition coefficient (Wildman–Crippen LogP) is 2.83. The van der Waals surface area contributed by atoms with E-state index in [-0.39, 0.29) is 0 Å². The van der Waals surface area contributed by atoms with Crippen molar-refractivity contribution in [3.63, 3.8) is 0 Å². The van der Waals surface area contributed by atoms with Gasteiger partial charge in [0, 0.05) is 0 Å². The van der Waals surface area contributed by atoms with Crippen LogP contribution in [0, 0.1) is 0 Å². The summed E-state index contributed by atoms with van der Waals surface area (Å²) in [5.74, 6) is 0.359. The van der Waals surface area contributed by atoms with E-state index < -0.39 is 18.8 Å². The molecule has 0 saturated heterocycles. The zero-order chi connectivity index (χ0) is 20.7. The first-order valence-corrected chi connectivity index (χ1v) is 15.0. The van der Waals surface area contributed by atoms with Crippen molar-refractivity contribution < 1.29 is 7.81 Å². The molecule has 6 heteroatoms. The normalized spacial score (nSPS) is 11.4. The number of hydrogen-bond acceptors (Lipinski definition) is 5. The van der Waals surface area contributed by atoms with Gasteiger partial charge in [-0.05, 0) is 0 Å². The molecule has 0 unspecified atom stereocenters. The molecule has 30 heavy (non-hydrogen) atoms. The molecule has 5 nitrogen and oxygen atoms in total. The Kier molecular flexibility index (Phi) is 6.39. The van der Waals surface area contributed by atoms with Crippen LogP contribution >= 0.6 is 0 Å². The minimum atomic E-state index is -3.83. The monoisotopic (exact) mass is 503 g/mol. The molecule has 0 bridgehead atoms. The summed E-state index contributed by atoms with van der Waals surface area (Å²) >= 11 is -3.83. The van der Waals surface area contributed by atoms with Gasteiger partial charge in [-0.1, -0.05) is 0 Å². The zero-order valence-corrected chi connectivity index (χ0v) is 19.4. The Bertz CT molecular complexity index is 1010. The maximum absolute atomic E-state index is 6.71. The Morgan fingerprint density at radius 2 is 1.23 bits per heavy atom. The predicted molar refractivity (Wildman–Crippen MR) is 122 cm³/mol. The molecule has 1 aromatic heterocycles. The SMILES string of the molecule is COc1nnccc1N=C[O][Sn]([c]1ccccc1)([c]1ccccc1)[c]1ccccc1. The second kappa shape index (κ2) is 9.54. The first-order valence-electron chi connectivity index (χ1n) is 9.57. The van der Waals surface area contributed by atoms with E-state index in [9.17, 15) is 0 Å². The summed E-state index contributed by atoms with van der Waals surface area (Å²) in [7, 11) is 1.55. The van der Waals surface area contributed by atoms with Gasteiger partial charge in [-0.15, -0.1) is 0 Å². The third-order valence-electron chi connectivity index (χ3n) is 4.82. The Hall–Kier alpha value is -3.19. The number of ether oxygens (including phenoxy) is 1. The second-order valence-electron chi connectivity index (χ2n) is 6.56. The van der Waals surface area contributed by atoms with E-state index in [1.54, 1.807) is 25.8 Å². The van der Waals surface area contributed by atoms with Gasteiger partial charge in [0.15, 0.2) is 0 Å². The minimum absolute atomic E-state index is 0.359. The first-order chi connectivity index (χ1) is 14.8. The van der Waals surface area contributed by atoms with Gasteiger partial charge in [0.1, 0.15) is 0 Å². The molecule has 0 spiro atoms. The average molecular weight is 502 g/mol. The molecule has 0 aliphatic rings. The van der Waals surface area contributed by atoms with Gasteiger partial charge in [0.05, 0.1) is 0 Å². The van der Waals surface area contributed by atoms with Crippen LogP contribution in [0.25, 0.3) is 0 Å². The third-order valence-corrected chi connectivity index (χ3v) is 15.9. The summed E-state index contributed by atoms with van der Waals surface area (Å²) in [5.41, 5.74) is 0.571. The number of aliphatic imine (C=N–C) groups is 1. The van der Waals surface area contributed by atoms with Gasteiger partial charge in [0.2, 0.25) is 0 Å². The van der Waals surface area contributed by atoms with Gasteiger partial charge in [-0.25, -0.2) is 0 Å². The molecule has 148 valence electrons. The van der Waals surface area contributed by atoms with Crippen LogP contribution < -0.4 is 15.5 Å². The van der Waals surface area contributed by atoms with Crippen molar-refractivity contribution in [1.82, 2.24) is 10.2 Å². The van der Waals surface area contributed by atoms with E-state index in [0.717, 1.165) is 0 Å². The molecule has 0 radical (unpaired) electrons. The Balaban J connectivity index is 1.86. The summed E-state index contributed by atoms with van der Waals surface area (Å²) < 4.78 is 15.6. The zero-order valence-electron chi connectivity index (χ0n) is 16.6. The molecule has 3 aromatic carbocycles. The molecule has 4 rings (SSSR count). The van der Waals surface area contributed by atoms with E-state index in [4.69, 9.17) is 7.81 Å². The molecule has 0 amide bonds. The molecule has 0 aliphatic heterocycles. The quantitative estimate of drug-likeness (QED) is 0.222. The molecule has 0 aliphatic carbocycles. The fraction of sp³-hybridized carbons (Fsp3) is 0.0417. The Labute approximate surface area is 180 Å². The van der Waals surface area contributed by atoms with E-state index in [1.165, 1.54) is 10.7 Å². The standard InChI is InChI=1S/C6H7N3O2.3C6H5.Sn/c1-11-6-5(7-4-10)2-3-8-9-6;3*1-2-4-6-5-3-1;/h2-4H,1H3,(H,7,8,10);3*1-5H;/q;;;;+1/p-1. The maximum atomic E-state index is 6.71. The van der Waals surface area contributed by atoms with Crippen LogP contribution in [0.5, 0.6) is 5.88 Å². The van der Waals surface area contributed by atoms with Crippen molar-refractivity contribution >= 4 is 41.6 Å². The molecular weight excluding hydrogens is 481 g/mol. The fourth-order valence-electron chi connectivity index (χ4n) is 3.44. The summed E-state index contributed by atoms with van der Waals surface area (Å²) in [5, 5.41) is 7.80. The number of methoxy groups -OCH3 is 1. The van der Waals surface area contributed by atoms with Crippen molar-refractivity contribution in [2.75, 3.05) is 7.11 Å². The van der Waals surface area contributed by atoms with Crippen LogP contribution in [0.3, 0.4) is 0 Å². The van der Waals surface area contributed by atoms with Gasteiger partial charge in [-0.2, -0.15) is 0 Å². The summed E-state index contributed by atoms with van der Waals surface area (Å²) in [6.45, 7) is 0. The Morgan fingerprint density at radius 3 is 1.70 bits per heavy atom. The average Bonchev–Trinajstić information content (AvgIpc) is 2.84. The van der Waals surface area contributed by atoms with Crippen LogP contribution in [0.4, 0.5) is 5.69 Å².